The smallest absolute Gasteiger partial charge is 0.227 e. The third-order valence-corrected chi connectivity index (χ3v) is 6.06. The number of hydrogen-bond donors (Lipinski definition) is 1. The fourth-order valence-electron chi connectivity index (χ4n) is 4.35. The average Bonchev–Trinajstić information content (AvgIpc) is 3.31. The molecule has 3 aliphatic rings. The molecule has 1 saturated carbocycles. The molecule has 1 atom stereocenters. The largest absolute Gasteiger partial charge is 0.353 e. The van der Waals surface area contributed by atoms with Crippen molar-refractivity contribution in [2.75, 3.05) is 24.7 Å². The quantitative estimate of drug-likeness (QED) is 0.881. The number of carbonyl (C=O) groups is 2. The number of rotatable bonds is 4. The number of nitrogens with one attached hydrogen (secondary N) is 1. The van der Waals surface area contributed by atoms with Gasteiger partial charge in [-0.15, -0.1) is 0 Å². The van der Waals surface area contributed by atoms with Crippen LogP contribution in [0.1, 0.15) is 44.6 Å². The summed E-state index contributed by atoms with van der Waals surface area (Å²) in [5, 5.41) is 3.15. The molecule has 1 aliphatic carbocycles. The molecule has 2 aliphatic heterocycles. The second kappa shape index (κ2) is 7.60. The summed E-state index contributed by atoms with van der Waals surface area (Å²) < 4.78 is 11.5. The Hall–Kier alpha value is -1.92. The third-order valence-electron chi connectivity index (χ3n) is 6.06. The highest BCUT2D eigenvalue weighted by Gasteiger charge is 2.41. The lowest BCUT2D eigenvalue weighted by Gasteiger charge is -2.35. The van der Waals surface area contributed by atoms with Gasteiger partial charge in [0.05, 0.1) is 19.1 Å². The van der Waals surface area contributed by atoms with E-state index in [1.54, 1.807) is 4.90 Å². The number of hydrogen-bond acceptors (Lipinski definition) is 4. The SMILES string of the molecule is CCc1ccc(N2CC(C(=O)NC3CCC4(CC3)OCCO4)CC2=O)cc1. The van der Waals surface area contributed by atoms with Gasteiger partial charge >= 0.3 is 0 Å². The van der Waals surface area contributed by atoms with Crippen LogP contribution < -0.4 is 10.2 Å². The number of amides is 2. The van der Waals surface area contributed by atoms with Crippen LogP contribution in [0.25, 0.3) is 0 Å². The second-order valence-electron chi connectivity index (χ2n) is 7.82. The number of nitrogens with zero attached hydrogens (tertiary/aromatic N) is 1. The number of carbonyl (C=O) groups excluding carboxylic acids is 2. The zero-order valence-corrected chi connectivity index (χ0v) is 15.9. The molecule has 2 amide bonds. The highest BCUT2D eigenvalue weighted by atomic mass is 16.7. The maximum atomic E-state index is 12.7. The van der Waals surface area contributed by atoms with E-state index in [-0.39, 0.29) is 30.2 Å². The average molecular weight is 372 g/mol. The first kappa shape index (κ1) is 18.4. The zero-order chi connectivity index (χ0) is 18.9. The number of benzene rings is 1. The van der Waals surface area contributed by atoms with Crippen LogP contribution >= 0.6 is 0 Å². The van der Waals surface area contributed by atoms with Gasteiger partial charge in [-0.05, 0) is 37.0 Å². The molecule has 1 N–H and O–H groups in total. The minimum atomic E-state index is -0.411. The monoisotopic (exact) mass is 372 g/mol. The van der Waals surface area contributed by atoms with Gasteiger partial charge in [-0.2, -0.15) is 0 Å². The molecular formula is C21H28N2O4. The fraction of sp³-hybridized carbons (Fsp3) is 0.619. The second-order valence-corrected chi connectivity index (χ2v) is 7.82. The molecular weight excluding hydrogens is 344 g/mol. The van der Waals surface area contributed by atoms with Gasteiger partial charge in [0.25, 0.3) is 0 Å². The molecule has 3 fully saturated rings. The molecule has 146 valence electrons. The molecule has 2 heterocycles. The van der Waals surface area contributed by atoms with Crippen molar-refractivity contribution in [2.24, 2.45) is 5.92 Å². The third kappa shape index (κ3) is 3.87. The van der Waals surface area contributed by atoms with Crippen molar-refractivity contribution in [3.63, 3.8) is 0 Å². The molecule has 4 rings (SSSR count). The Morgan fingerprint density at radius 3 is 2.48 bits per heavy atom. The van der Waals surface area contributed by atoms with Crippen molar-refractivity contribution in [1.29, 1.82) is 0 Å². The van der Waals surface area contributed by atoms with Crippen molar-refractivity contribution in [1.82, 2.24) is 5.32 Å². The molecule has 1 unspecified atom stereocenters. The van der Waals surface area contributed by atoms with E-state index >= 15 is 0 Å². The van der Waals surface area contributed by atoms with E-state index in [2.05, 4.69) is 12.2 Å². The van der Waals surface area contributed by atoms with E-state index in [9.17, 15) is 9.59 Å². The predicted octanol–water partition coefficient (Wildman–Crippen LogP) is 2.40. The normalized spacial score (nSPS) is 25.3. The molecule has 1 aromatic carbocycles. The van der Waals surface area contributed by atoms with Gasteiger partial charge < -0.3 is 19.7 Å². The number of aryl methyl sites for hydroxylation is 1. The van der Waals surface area contributed by atoms with Crippen molar-refractivity contribution < 1.29 is 19.1 Å². The first-order chi connectivity index (χ1) is 13.1. The Balaban J connectivity index is 1.31. The predicted molar refractivity (Wildman–Crippen MR) is 101 cm³/mol. The lowest BCUT2D eigenvalue weighted by molar-refractivity contribution is -0.180. The highest BCUT2D eigenvalue weighted by molar-refractivity contribution is 6.00. The Morgan fingerprint density at radius 2 is 1.85 bits per heavy atom. The highest BCUT2D eigenvalue weighted by Crippen LogP contribution is 2.36. The molecule has 0 radical (unpaired) electrons. The van der Waals surface area contributed by atoms with E-state index < -0.39 is 5.79 Å². The molecule has 6 nitrogen and oxygen atoms in total. The van der Waals surface area contributed by atoms with Crippen LogP contribution in [0.2, 0.25) is 0 Å². The van der Waals surface area contributed by atoms with Crippen molar-refractivity contribution in [2.45, 2.75) is 57.3 Å². The van der Waals surface area contributed by atoms with Crippen LogP contribution in [0.15, 0.2) is 24.3 Å². The summed E-state index contributed by atoms with van der Waals surface area (Å²) in [6, 6.07) is 8.17. The number of anilines is 1. The van der Waals surface area contributed by atoms with Gasteiger partial charge in [-0.25, -0.2) is 0 Å². The van der Waals surface area contributed by atoms with Crippen molar-refractivity contribution >= 4 is 17.5 Å². The van der Waals surface area contributed by atoms with Gasteiger partial charge in [-0.1, -0.05) is 19.1 Å². The summed E-state index contributed by atoms with van der Waals surface area (Å²) in [4.78, 5) is 26.9. The summed E-state index contributed by atoms with van der Waals surface area (Å²) in [5.41, 5.74) is 2.12. The minimum absolute atomic E-state index is 0.00904. The van der Waals surface area contributed by atoms with E-state index in [0.29, 0.717) is 19.8 Å². The zero-order valence-electron chi connectivity index (χ0n) is 15.9. The first-order valence-electron chi connectivity index (χ1n) is 10.1. The Labute approximate surface area is 160 Å². The topological polar surface area (TPSA) is 67.9 Å². The van der Waals surface area contributed by atoms with E-state index in [4.69, 9.17) is 9.47 Å². The number of ether oxygens (including phenoxy) is 2. The Bertz CT molecular complexity index is 687. The van der Waals surface area contributed by atoms with E-state index in [0.717, 1.165) is 37.8 Å². The Morgan fingerprint density at radius 1 is 1.19 bits per heavy atom. The van der Waals surface area contributed by atoms with Crippen LogP contribution in [0.5, 0.6) is 0 Å². The standard InChI is InChI=1S/C21H28N2O4/c1-2-15-3-5-18(6-4-15)23-14-16(13-19(23)24)20(25)22-17-7-9-21(10-8-17)26-11-12-27-21/h3-6,16-17H,2,7-14H2,1H3,(H,22,25). The minimum Gasteiger partial charge on any atom is -0.353 e. The van der Waals surface area contributed by atoms with E-state index in [1.807, 2.05) is 24.3 Å². The summed E-state index contributed by atoms with van der Waals surface area (Å²) in [6.07, 6.45) is 4.60. The molecule has 0 bridgehead atoms. The van der Waals surface area contributed by atoms with Crippen molar-refractivity contribution in [3.05, 3.63) is 29.8 Å². The van der Waals surface area contributed by atoms with Gasteiger partial charge in [0.1, 0.15) is 0 Å². The summed E-state index contributed by atoms with van der Waals surface area (Å²) in [6.45, 7) is 3.89. The summed E-state index contributed by atoms with van der Waals surface area (Å²) in [5.74, 6) is -0.676. The van der Waals surface area contributed by atoms with Crippen LogP contribution in [0.3, 0.4) is 0 Å². The lowest BCUT2D eigenvalue weighted by Crippen LogP contribution is -2.46. The van der Waals surface area contributed by atoms with Gasteiger partial charge in [-0.3, -0.25) is 9.59 Å². The molecule has 27 heavy (non-hydrogen) atoms. The van der Waals surface area contributed by atoms with E-state index in [1.165, 1.54) is 5.56 Å². The first-order valence-corrected chi connectivity index (χ1v) is 10.1. The molecule has 6 heteroatoms. The van der Waals surface area contributed by atoms with Crippen LogP contribution in [-0.2, 0) is 25.5 Å². The molecule has 1 spiro atoms. The van der Waals surface area contributed by atoms with Gasteiger partial charge in [0, 0.05) is 37.5 Å². The van der Waals surface area contributed by atoms with Gasteiger partial charge in [0.2, 0.25) is 11.8 Å². The molecule has 2 saturated heterocycles. The van der Waals surface area contributed by atoms with Crippen LogP contribution in [-0.4, -0.2) is 43.4 Å². The van der Waals surface area contributed by atoms with Gasteiger partial charge in [0.15, 0.2) is 5.79 Å². The molecule has 0 aromatic heterocycles. The van der Waals surface area contributed by atoms with Crippen LogP contribution in [0.4, 0.5) is 5.69 Å². The fourth-order valence-corrected chi connectivity index (χ4v) is 4.35. The lowest BCUT2D eigenvalue weighted by atomic mass is 9.89. The maximum absolute atomic E-state index is 12.7. The van der Waals surface area contributed by atoms with Crippen LogP contribution in [0, 0.1) is 5.92 Å². The summed E-state index contributed by atoms with van der Waals surface area (Å²) in [7, 11) is 0. The maximum Gasteiger partial charge on any atom is 0.227 e. The summed E-state index contributed by atoms with van der Waals surface area (Å²) >= 11 is 0. The van der Waals surface area contributed by atoms with Crippen molar-refractivity contribution in [3.8, 4) is 0 Å². The Kier molecular flexibility index (Phi) is 5.19. The molecule has 1 aromatic rings.